The maximum absolute atomic E-state index is 11.8. The molecule has 1 heterocycles. The van der Waals surface area contributed by atoms with Gasteiger partial charge in [0, 0.05) is 17.8 Å². The highest BCUT2D eigenvalue weighted by Crippen LogP contribution is 2.20. The Kier molecular flexibility index (Phi) is 6.52. The molecule has 19 heavy (non-hydrogen) atoms. The molecule has 0 bridgehead atoms. The highest BCUT2D eigenvalue weighted by atomic mass is 35.5. The molecule has 2 unspecified atom stereocenters. The number of rotatable bonds is 4. The number of aromatic nitrogens is 2. The lowest BCUT2D eigenvalue weighted by atomic mass is 9.91. The molecule has 0 fully saturated rings. The van der Waals surface area contributed by atoms with Gasteiger partial charge in [0.25, 0.3) is 0 Å². The molecule has 4 N–H and O–H groups in total. The molecule has 1 aromatic heterocycles. The van der Waals surface area contributed by atoms with Crippen LogP contribution in [0.5, 0.6) is 0 Å². The lowest BCUT2D eigenvalue weighted by Gasteiger charge is -2.16. The summed E-state index contributed by atoms with van der Waals surface area (Å²) >= 11 is 0. The average molecular weight is 289 g/mol. The number of nitrogens with zero attached hydrogens (tertiary/aromatic N) is 1. The third-order valence-electron chi connectivity index (χ3n) is 2.81. The van der Waals surface area contributed by atoms with Crippen molar-refractivity contribution in [2.24, 2.45) is 17.1 Å². The third kappa shape index (κ3) is 6.07. The molecule has 110 valence electrons. The van der Waals surface area contributed by atoms with Crippen LogP contribution >= 0.6 is 12.4 Å². The van der Waals surface area contributed by atoms with Crippen LogP contribution in [0.1, 0.15) is 40.3 Å². The number of nitrogens with one attached hydrogen (secondary N) is 2. The number of nitrogens with two attached hydrogens (primary N) is 1. The first-order chi connectivity index (χ1) is 8.19. The number of hydrogen-bond acceptors (Lipinski definition) is 3. The summed E-state index contributed by atoms with van der Waals surface area (Å²) in [7, 11) is 0. The van der Waals surface area contributed by atoms with Crippen LogP contribution in [0.15, 0.2) is 6.07 Å². The van der Waals surface area contributed by atoms with E-state index in [1.807, 2.05) is 19.9 Å². The zero-order valence-corrected chi connectivity index (χ0v) is 13.1. The zero-order valence-electron chi connectivity index (χ0n) is 12.3. The van der Waals surface area contributed by atoms with Crippen molar-refractivity contribution >= 4 is 24.1 Å². The zero-order chi connectivity index (χ0) is 13.9. The summed E-state index contributed by atoms with van der Waals surface area (Å²) in [6.45, 7) is 10.1. The fourth-order valence-electron chi connectivity index (χ4n) is 1.57. The normalized spacial score (nSPS) is 14.4. The van der Waals surface area contributed by atoms with E-state index in [2.05, 4.69) is 36.3 Å². The summed E-state index contributed by atoms with van der Waals surface area (Å²) in [4.78, 5) is 11.8. The summed E-state index contributed by atoms with van der Waals surface area (Å²) < 4.78 is 0. The number of carbonyl (C=O) groups excluding carboxylic acids is 1. The predicted molar refractivity (Wildman–Crippen MR) is 80.4 cm³/mol. The lowest BCUT2D eigenvalue weighted by Crippen LogP contribution is -2.34. The first kappa shape index (κ1) is 17.9. The Labute approximate surface area is 121 Å². The molecule has 0 saturated carbocycles. The average Bonchev–Trinajstić information content (AvgIpc) is 2.61. The van der Waals surface area contributed by atoms with Gasteiger partial charge in [-0.3, -0.25) is 9.89 Å². The number of aromatic amines is 1. The molecule has 0 saturated heterocycles. The summed E-state index contributed by atoms with van der Waals surface area (Å²) in [6, 6.07) is 1.70. The van der Waals surface area contributed by atoms with Crippen molar-refractivity contribution in [2.75, 3.05) is 5.32 Å². The van der Waals surface area contributed by atoms with Crippen molar-refractivity contribution in [2.45, 2.75) is 47.1 Å². The molecule has 1 rings (SSSR count). The second-order valence-electron chi connectivity index (χ2n) is 6.15. The quantitative estimate of drug-likeness (QED) is 0.795. The standard InChI is InChI=1S/C13H24N4O.ClH/c1-8(9(2)14)12(18)15-11-6-10(16-17-11)7-13(3,4)5;/h6,8-9H,7,14H2,1-5H3,(H2,15,16,17,18);1H. The number of halogens is 1. The summed E-state index contributed by atoms with van der Waals surface area (Å²) in [5, 5.41) is 9.79. The molecule has 0 aliphatic heterocycles. The fraction of sp³-hybridized carbons (Fsp3) is 0.692. The smallest absolute Gasteiger partial charge is 0.229 e. The second-order valence-corrected chi connectivity index (χ2v) is 6.15. The molecule has 0 spiro atoms. The van der Waals surface area contributed by atoms with Crippen LogP contribution in [-0.4, -0.2) is 22.1 Å². The largest absolute Gasteiger partial charge is 0.327 e. The van der Waals surface area contributed by atoms with E-state index in [-0.39, 0.29) is 35.7 Å². The van der Waals surface area contributed by atoms with E-state index in [9.17, 15) is 4.79 Å². The van der Waals surface area contributed by atoms with E-state index in [4.69, 9.17) is 5.73 Å². The van der Waals surface area contributed by atoms with Gasteiger partial charge >= 0.3 is 0 Å². The van der Waals surface area contributed by atoms with Gasteiger partial charge in [0.1, 0.15) is 0 Å². The maximum Gasteiger partial charge on any atom is 0.229 e. The SMILES string of the molecule is CC(N)C(C)C(=O)Nc1cc(CC(C)(C)C)[nH]n1.Cl. The van der Waals surface area contributed by atoms with Crippen molar-refractivity contribution in [3.63, 3.8) is 0 Å². The van der Waals surface area contributed by atoms with Crippen LogP contribution in [0.2, 0.25) is 0 Å². The predicted octanol–water partition coefficient (Wildman–Crippen LogP) is 2.34. The first-order valence-corrected chi connectivity index (χ1v) is 6.30. The van der Waals surface area contributed by atoms with Crippen LogP contribution < -0.4 is 11.1 Å². The minimum atomic E-state index is -0.229. The minimum absolute atomic E-state index is 0. The number of anilines is 1. The van der Waals surface area contributed by atoms with E-state index < -0.39 is 0 Å². The molecule has 0 radical (unpaired) electrons. The maximum atomic E-state index is 11.8. The first-order valence-electron chi connectivity index (χ1n) is 6.30. The van der Waals surface area contributed by atoms with E-state index in [1.165, 1.54) is 0 Å². The molecular formula is C13H25ClN4O. The topological polar surface area (TPSA) is 83.8 Å². The Morgan fingerprint density at radius 2 is 2.05 bits per heavy atom. The Bertz CT molecular complexity index is 409. The molecule has 0 aliphatic carbocycles. The molecule has 5 nitrogen and oxygen atoms in total. The van der Waals surface area contributed by atoms with E-state index in [0.717, 1.165) is 12.1 Å². The fourth-order valence-corrected chi connectivity index (χ4v) is 1.57. The van der Waals surface area contributed by atoms with Crippen molar-refractivity contribution < 1.29 is 4.79 Å². The van der Waals surface area contributed by atoms with Crippen LogP contribution in [0.3, 0.4) is 0 Å². The molecular weight excluding hydrogens is 264 g/mol. The van der Waals surface area contributed by atoms with Gasteiger partial charge in [-0.05, 0) is 18.8 Å². The number of H-pyrrole nitrogens is 1. The Morgan fingerprint density at radius 3 is 2.53 bits per heavy atom. The number of carbonyl (C=O) groups is 1. The lowest BCUT2D eigenvalue weighted by molar-refractivity contribution is -0.119. The Morgan fingerprint density at radius 1 is 1.47 bits per heavy atom. The van der Waals surface area contributed by atoms with Crippen LogP contribution in [-0.2, 0) is 11.2 Å². The Hall–Kier alpha value is -1.07. The monoisotopic (exact) mass is 288 g/mol. The van der Waals surface area contributed by atoms with Gasteiger partial charge in [-0.1, -0.05) is 27.7 Å². The van der Waals surface area contributed by atoms with Gasteiger partial charge in [0.2, 0.25) is 5.91 Å². The molecule has 0 aliphatic rings. The van der Waals surface area contributed by atoms with Crippen molar-refractivity contribution in [1.29, 1.82) is 0 Å². The summed E-state index contributed by atoms with van der Waals surface area (Å²) in [5.41, 5.74) is 6.90. The Balaban J connectivity index is 0.00000324. The van der Waals surface area contributed by atoms with Gasteiger partial charge in [-0.25, -0.2) is 0 Å². The minimum Gasteiger partial charge on any atom is -0.327 e. The van der Waals surface area contributed by atoms with Gasteiger partial charge in [-0.2, -0.15) is 5.10 Å². The van der Waals surface area contributed by atoms with E-state index in [1.54, 1.807) is 0 Å². The van der Waals surface area contributed by atoms with E-state index >= 15 is 0 Å². The highest BCUT2D eigenvalue weighted by molar-refractivity contribution is 5.91. The highest BCUT2D eigenvalue weighted by Gasteiger charge is 2.19. The van der Waals surface area contributed by atoms with Crippen molar-refractivity contribution in [3.8, 4) is 0 Å². The van der Waals surface area contributed by atoms with Gasteiger partial charge in [-0.15, -0.1) is 12.4 Å². The molecule has 1 aromatic rings. The van der Waals surface area contributed by atoms with Crippen LogP contribution in [0.4, 0.5) is 5.82 Å². The van der Waals surface area contributed by atoms with Crippen molar-refractivity contribution in [3.05, 3.63) is 11.8 Å². The second kappa shape index (κ2) is 6.91. The third-order valence-corrected chi connectivity index (χ3v) is 2.81. The van der Waals surface area contributed by atoms with Crippen molar-refractivity contribution in [1.82, 2.24) is 10.2 Å². The summed E-state index contributed by atoms with van der Waals surface area (Å²) in [5.74, 6) is 0.235. The number of hydrogen-bond donors (Lipinski definition) is 3. The van der Waals surface area contributed by atoms with Crippen LogP contribution in [0, 0.1) is 11.3 Å². The molecule has 0 aromatic carbocycles. The van der Waals surface area contributed by atoms with Gasteiger partial charge in [0.15, 0.2) is 5.82 Å². The molecule has 2 atom stereocenters. The molecule has 1 amide bonds. The summed E-state index contributed by atoms with van der Waals surface area (Å²) in [6.07, 6.45) is 0.888. The van der Waals surface area contributed by atoms with Gasteiger partial charge in [0.05, 0.1) is 5.92 Å². The number of amides is 1. The molecule has 6 heteroatoms. The van der Waals surface area contributed by atoms with Crippen LogP contribution in [0.25, 0.3) is 0 Å². The van der Waals surface area contributed by atoms with Gasteiger partial charge < -0.3 is 11.1 Å². The van der Waals surface area contributed by atoms with E-state index in [0.29, 0.717) is 5.82 Å².